The van der Waals surface area contributed by atoms with Crippen molar-refractivity contribution in [3.05, 3.63) is 15.6 Å². The van der Waals surface area contributed by atoms with Gasteiger partial charge < -0.3 is 4.90 Å². The minimum atomic E-state index is -0.0452. The monoisotopic (exact) mass is 238 g/mol. The molecule has 0 saturated carbocycles. The summed E-state index contributed by atoms with van der Waals surface area (Å²) in [6.45, 7) is 4.66. The number of carbonyl (C=O) groups is 2. The summed E-state index contributed by atoms with van der Waals surface area (Å²) in [5.41, 5.74) is 0.769. The largest absolute Gasteiger partial charge is 0.331 e. The quantitative estimate of drug-likeness (QED) is 0.746. The molecule has 1 aromatic rings. The molecule has 0 N–H and O–H groups in total. The fourth-order valence-electron chi connectivity index (χ4n) is 1.88. The van der Waals surface area contributed by atoms with E-state index in [2.05, 4.69) is 4.98 Å². The third kappa shape index (κ3) is 2.14. The van der Waals surface area contributed by atoms with Gasteiger partial charge in [0, 0.05) is 13.0 Å². The zero-order chi connectivity index (χ0) is 11.7. The van der Waals surface area contributed by atoms with Crippen LogP contribution in [0.15, 0.2) is 0 Å². The van der Waals surface area contributed by atoms with Gasteiger partial charge in [0.15, 0.2) is 5.78 Å². The lowest BCUT2D eigenvalue weighted by Gasteiger charge is -2.25. The van der Waals surface area contributed by atoms with Crippen molar-refractivity contribution < 1.29 is 9.59 Å². The molecule has 0 aromatic carbocycles. The van der Waals surface area contributed by atoms with Crippen LogP contribution in [-0.4, -0.2) is 34.7 Å². The Bertz CT molecular complexity index is 439. The predicted molar refractivity (Wildman–Crippen MR) is 61.7 cm³/mol. The third-order valence-corrected chi connectivity index (χ3v) is 3.70. The van der Waals surface area contributed by atoms with E-state index in [0.717, 1.165) is 17.1 Å². The van der Waals surface area contributed by atoms with E-state index >= 15 is 0 Å². The Morgan fingerprint density at radius 1 is 1.44 bits per heavy atom. The average Bonchev–Trinajstić information content (AvgIpc) is 2.57. The van der Waals surface area contributed by atoms with E-state index in [1.165, 1.54) is 11.3 Å². The van der Waals surface area contributed by atoms with Crippen molar-refractivity contribution in [3.8, 4) is 0 Å². The molecule has 86 valence electrons. The number of rotatable bonds is 1. The minimum Gasteiger partial charge on any atom is -0.331 e. The predicted octanol–water partition coefficient (Wildman–Crippen LogP) is 1.57. The SMILES string of the molecule is Cc1nc(C)c(C(=O)N2CCCC(=O)C2)s1. The van der Waals surface area contributed by atoms with Crippen LogP contribution >= 0.6 is 11.3 Å². The molecule has 0 radical (unpaired) electrons. The molecular weight excluding hydrogens is 224 g/mol. The van der Waals surface area contributed by atoms with Gasteiger partial charge in [0.2, 0.25) is 0 Å². The first-order valence-corrected chi connectivity index (χ1v) is 6.14. The van der Waals surface area contributed by atoms with E-state index in [-0.39, 0.29) is 18.2 Å². The second-order valence-electron chi connectivity index (χ2n) is 4.02. The van der Waals surface area contributed by atoms with Crippen LogP contribution in [-0.2, 0) is 4.79 Å². The van der Waals surface area contributed by atoms with Crippen LogP contribution in [0, 0.1) is 13.8 Å². The number of hydrogen-bond acceptors (Lipinski definition) is 4. The lowest BCUT2D eigenvalue weighted by Crippen LogP contribution is -2.40. The fourth-order valence-corrected chi connectivity index (χ4v) is 2.77. The first kappa shape index (κ1) is 11.3. The Morgan fingerprint density at radius 3 is 2.75 bits per heavy atom. The first-order valence-electron chi connectivity index (χ1n) is 5.33. The van der Waals surface area contributed by atoms with Crippen LogP contribution in [0.5, 0.6) is 0 Å². The summed E-state index contributed by atoms with van der Waals surface area (Å²) < 4.78 is 0. The maximum Gasteiger partial charge on any atom is 0.266 e. The molecular formula is C11H14N2O2S. The van der Waals surface area contributed by atoms with Crippen LogP contribution in [0.4, 0.5) is 0 Å². The molecule has 5 heteroatoms. The molecule has 0 spiro atoms. The van der Waals surface area contributed by atoms with E-state index in [0.29, 0.717) is 17.8 Å². The van der Waals surface area contributed by atoms with Gasteiger partial charge in [-0.05, 0) is 20.3 Å². The van der Waals surface area contributed by atoms with Crippen LogP contribution in [0.3, 0.4) is 0 Å². The number of amides is 1. The molecule has 2 rings (SSSR count). The smallest absolute Gasteiger partial charge is 0.266 e. The highest BCUT2D eigenvalue weighted by molar-refractivity contribution is 7.13. The lowest BCUT2D eigenvalue weighted by atomic mass is 10.1. The number of Topliss-reactive ketones (excluding diaryl/α,β-unsaturated/α-hetero) is 1. The van der Waals surface area contributed by atoms with Crippen LogP contribution < -0.4 is 0 Å². The summed E-state index contributed by atoms with van der Waals surface area (Å²) in [7, 11) is 0. The number of likely N-dealkylation sites (tertiary alicyclic amines) is 1. The normalized spacial score (nSPS) is 16.6. The molecule has 0 unspecified atom stereocenters. The van der Waals surface area contributed by atoms with Crippen molar-refractivity contribution in [3.63, 3.8) is 0 Å². The van der Waals surface area contributed by atoms with Gasteiger partial charge in [-0.25, -0.2) is 4.98 Å². The van der Waals surface area contributed by atoms with Crippen molar-refractivity contribution in [2.75, 3.05) is 13.1 Å². The molecule has 2 heterocycles. The number of thiazole rings is 1. The van der Waals surface area contributed by atoms with Gasteiger partial charge in [-0.15, -0.1) is 11.3 Å². The molecule has 4 nitrogen and oxygen atoms in total. The maximum atomic E-state index is 12.1. The Hall–Kier alpha value is -1.23. The van der Waals surface area contributed by atoms with Crippen molar-refractivity contribution in [1.82, 2.24) is 9.88 Å². The minimum absolute atomic E-state index is 0.0452. The molecule has 1 fully saturated rings. The third-order valence-electron chi connectivity index (χ3n) is 2.64. The first-order chi connectivity index (χ1) is 7.58. The van der Waals surface area contributed by atoms with Crippen LogP contribution in [0.2, 0.25) is 0 Å². The van der Waals surface area contributed by atoms with Crippen molar-refractivity contribution >= 4 is 23.0 Å². The summed E-state index contributed by atoms with van der Waals surface area (Å²) in [5, 5.41) is 0.893. The highest BCUT2D eigenvalue weighted by Crippen LogP contribution is 2.20. The van der Waals surface area contributed by atoms with Gasteiger partial charge in [-0.1, -0.05) is 0 Å². The van der Waals surface area contributed by atoms with Crippen molar-refractivity contribution in [1.29, 1.82) is 0 Å². The van der Waals surface area contributed by atoms with Crippen molar-refractivity contribution in [2.45, 2.75) is 26.7 Å². The van der Waals surface area contributed by atoms with Crippen LogP contribution in [0.1, 0.15) is 33.2 Å². The van der Waals surface area contributed by atoms with Gasteiger partial charge in [-0.3, -0.25) is 9.59 Å². The lowest BCUT2D eigenvalue weighted by molar-refractivity contribution is -0.121. The van der Waals surface area contributed by atoms with Gasteiger partial charge in [0.05, 0.1) is 17.2 Å². The number of piperidine rings is 1. The average molecular weight is 238 g/mol. The highest BCUT2D eigenvalue weighted by Gasteiger charge is 2.25. The van der Waals surface area contributed by atoms with Gasteiger partial charge in [0.25, 0.3) is 5.91 Å². The molecule has 0 aliphatic carbocycles. The molecule has 1 amide bonds. The number of hydrogen-bond donors (Lipinski definition) is 0. The Morgan fingerprint density at radius 2 is 2.19 bits per heavy atom. The fraction of sp³-hybridized carbons (Fsp3) is 0.545. The second-order valence-corrected chi connectivity index (χ2v) is 5.22. The van der Waals surface area contributed by atoms with E-state index < -0.39 is 0 Å². The topological polar surface area (TPSA) is 50.3 Å². The number of ketones is 1. The molecule has 1 saturated heterocycles. The molecule has 1 aliphatic heterocycles. The van der Waals surface area contributed by atoms with Crippen molar-refractivity contribution in [2.24, 2.45) is 0 Å². The van der Waals surface area contributed by atoms with Gasteiger partial charge >= 0.3 is 0 Å². The zero-order valence-electron chi connectivity index (χ0n) is 9.45. The van der Waals surface area contributed by atoms with E-state index in [9.17, 15) is 9.59 Å². The summed E-state index contributed by atoms with van der Waals surface area (Å²) in [6, 6.07) is 0. The van der Waals surface area contributed by atoms with E-state index in [4.69, 9.17) is 0 Å². The Kier molecular flexibility index (Phi) is 3.05. The molecule has 0 bridgehead atoms. The Balaban J connectivity index is 2.18. The number of nitrogens with zero attached hydrogens (tertiary/aromatic N) is 2. The zero-order valence-corrected chi connectivity index (χ0v) is 10.3. The highest BCUT2D eigenvalue weighted by atomic mass is 32.1. The van der Waals surface area contributed by atoms with Gasteiger partial charge in [-0.2, -0.15) is 0 Å². The summed E-state index contributed by atoms with van der Waals surface area (Å²) in [4.78, 5) is 30.0. The van der Waals surface area contributed by atoms with Crippen LogP contribution in [0.25, 0.3) is 0 Å². The summed E-state index contributed by atoms with van der Waals surface area (Å²) in [5.74, 6) is 0.106. The van der Waals surface area contributed by atoms with E-state index in [1.807, 2.05) is 13.8 Å². The number of aromatic nitrogens is 1. The van der Waals surface area contributed by atoms with Gasteiger partial charge in [0.1, 0.15) is 4.88 Å². The standard InChI is InChI=1S/C11H14N2O2S/c1-7-10(16-8(2)12-7)11(15)13-5-3-4-9(14)6-13/h3-6H2,1-2H3. The Labute approximate surface area is 98.3 Å². The summed E-state index contributed by atoms with van der Waals surface area (Å²) >= 11 is 1.40. The molecule has 16 heavy (non-hydrogen) atoms. The molecule has 1 aliphatic rings. The summed E-state index contributed by atoms with van der Waals surface area (Å²) in [6.07, 6.45) is 1.38. The molecule has 0 atom stereocenters. The molecule has 1 aromatic heterocycles. The maximum absolute atomic E-state index is 12.1. The number of aryl methyl sites for hydroxylation is 2. The second kappa shape index (κ2) is 4.33. The van der Waals surface area contributed by atoms with E-state index in [1.54, 1.807) is 4.90 Å². The number of carbonyl (C=O) groups excluding carboxylic acids is 2.